The number of aromatic nitrogens is 2. The minimum atomic E-state index is 0.312. The van der Waals surface area contributed by atoms with Gasteiger partial charge in [0.15, 0.2) is 5.82 Å². The molecule has 1 aromatic heterocycles. The van der Waals surface area contributed by atoms with E-state index < -0.39 is 0 Å². The van der Waals surface area contributed by atoms with Crippen molar-refractivity contribution in [1.29, 1.82) is 0 Å². The second kappa shape index (κ2) is 16.0. The molecule has 1 atom stereocenters. The average Bonchev–Trinajstić information content (AvgIpc) is 2.65. The Balaban J connectivity index is 0. The van der Waals surface area contributed by atoms with Gasteiger partial charge in [-0.3, -0.25) is 0 Å². The van der Waals surface area contributed by atoms with Crippen LogP contribution < -0.4 is 10.6 Å². The molecule has 1 aliphatic heterocycles. The Bertz CT molecular complexity index is 494. The number of morpholine rings is 1. The highest BCUT2D eigenvalue weighted by molar-refractivity contribution is 7.97. The summed E-state index contributed by atoms with van der Waals surface area (Å²) in [7, 11) is 0. The minimum absolute atomic E-state index is 0.312. The number of thioether (sulfide) groups is 1. The molecule has 0 aromatic carbocycles. The maximum Gasteiger partial charge on any atom is 0.159 e. The molecule has 2 N–H and O–H groups in total. The Morgan fingerprint density at radius 3 is 2.40 bits per heavy atom. The highest BCUT2D eigenvalue weighted by Crippen LogP contribution is 2.21. The predicted molar refractivity (Wildman–Crippen MR) is 115 cm³/mol. The van der Waals surface area contributed by atoms with E-state index >= 15 is 0 Å². The second-order valence-corrected chi connectivity index (χ2v) is 5.79. The zero-order chi connectivity index (χ0) is 19.8. The maximum absolute atomic E-state index is 5.87. The standard InChI is InChI=1S/C13H20N4O.C2H6S.C2H6.C2H4/c1-4-9(2)13-15-11(14)7-12(16-13)17-5-6-18-8-10(17)3;1-3-2;2*1-2/h4,7,10H,5-6,8H2,1-3H3,(H2,14,15,16);1-2H3;1-2H3;1-2H2/b9-4+;;;. The Morgan fingerprint density at radius 2 is 1.92 bits per heavy atom. The van der Waals surface area contributed by atoms with E-state index in [1.807, 2.05) is 52.3 Å². The van der Waals surface area contributed by atoms with E-state index in [1.54, 1.807) is 11.8 Å². The van der Waals surface area contributed by atoms with Gasteiger partial charge in [0.25, 0.3) is 0 Å². The molecule has 2 rings (SSSR count). The molecule has 1 aromatic rings. The van der Waals surface area contributed by atoms with Crippen LogP contribution in [0.5, 0.6) is 0 Å². The fraction of sp³-hybridized carbons (Fsp3) is 0.579. The SMILES string of the molecule is C/C=C(\C)c1nc(N)cc(N2CCOCC2C)n1.C=C.CC.CSC. The number of ether oxygens (including phenoxy) is 1. The monoisotopic (exact) mass is 368 g/mol. The zero-order valence-corrected chi connectivity index (χ0v) is 17.8. The molecule has 2 heterocycles. The molecule has 1 unspecified atom stereocenters. The summed E-state index contributed by atoms with van der Waals surface area (Å²) in [5.74, 6) is 2.09. The quantitative estimate of drug-likeness (QED) is 0.775. The molecule has 1 fully saturated rings. The topological polar surface area (TPSA) is 64.3 Å². The lowest BCUT2D eigenvalue weighted by Gasteiger charge is -2.34. The molecule has 0 amide bonds. The van der Waals surface area contributed by atoms with Gasteiger partial charge in [-0.25, -0.2) is 9.97 Å². The number of nitrogen functional groups attached to an aromatic ring is 1. The summed E-state index contributed by atoms with van der Waals surface area (Å²) in [5.41, 5.74) is 6.90. The van der Waals surface area contributed by atoms with E-state index in [0.29, 0.717) is 17.7 Å². The third-order valence-electron chi connectivity index (χ3n) is 3.18. The molecule has 0 aliphatic carbocycles. The molecular formula is C19H36N4OS. The maximum atomic E-state index is 5.87. The van der Waals surface area contributed by atoms with Crippen LogP contribution in [0.15, 0.2) is 25.3 Å². The Labute approximate surface area is 158 Å². The van der Waals surface area contributed by atoms with Crippen LogP contribution in [0.1, 0.15) is 40.4 Å². The summed E-state index contributed by atoms with van der Waals surface area (Å²) >= 11 is 1.75. The summed E-state index contributed by atoms with van der Waals surface area (Å²) < 4.78 is 5.43. The van der Waals surface area contributed by atoms with Gasteiger partial charge >= 0.3 is 0 Å². The van der Waals surface area contributed by atoms with Crippen molar-refractivity contribution in [1.82, 2.24) is 9.97 Å². The largest absolute Gasteiger partial charge is 0.384 e. The zero-order valence-electron chi connectivity index (χ0n) is 17.0. The smallest absolute Gasteiger partial charge is 0.159 e. The molecule has 144 valence electrons. The first-order valence-corrected chi connectivity index (χ1v) is 10.2. The fourth-order valence-corrected chi connectivity index (χ4v) is 1.97. The van der Waals surface area contributed by atoms with Crippen LogP contribution in [0.3, 0.4) is 0 Å². The molecule has 5 nitrogen and oxygen atoms in total. The fourth-order valence-electron chi connectivity index (χ4n) is 1.97. The van der Waals surface area contributed by atoms with E-state index in [-0.39, 0.29) is 0 Å². The summed E-state index contributed by atoms with van der Waals surface area (Å²) in [6.45, 7) is 18.4. The lowest BCUT2D eigenvalue weighted by molar-refractivity contribution is 0.0985. The first-order valence-electron chi connectivity index (χ1n) is 8.55. The molecule has 0 radical (unpaired) electrons. The Kier molecular flexibility index (Phi) is 16.4. The molecule has 25 heavy (non-hydrogen) atoms. The first kappa shape index (κ1) is 25.7. The third-order valence-corrected chi connectivity index (χ3v) is 3.18. The van der Waals surface area contributed by atoms with Crippen LogP contribution in [-0.2, 0) is 4.74 Å². The summed E-state index contributed by atoms with van der Waals surface area (Å²) in [6, 6.07) is 2.14. The van der Waals surface area contributed by atoms with E-state index in [1.165, 1.54) is 0 Å². The van der Waals surface area contributed by atoms with Crippen molar-refractivity contribution in [3.8, 4) is 0 Å². The van der Waals surface area contributed by atoms with Crippen molar-refractivity contribution in [3.05, 3.63) is 31.1 Å². The average molecular weight is 369 g/mol. The van der Waals surface area contributed by atoms with Crippen molar-refractivity contribution < 1.29 is 4.74 Å². The van der Waals surface area contributed by atoms with Crippen LogP contribution >= 0.6 is 11.8 Å². The van der Waals surface area contributed by atoms with E-state index in [4.69, 9.17) is 10.5 Å². The molecule has 0 spiro atoms. The van der Waals surface area contributed by atoms with Gasteiger partial charge in [0.05, 0.1) is 19.3 Å². The number of nitrogens with zero attached hydrogens (tertiary/aromatic N) is 3. The first-order chi connectivity index (χ1) is 12.0. The Hall–Kier alpha value is -1.53. The van der Waals surface area contributed by atoms with Gasteiger partial charge < -0.3 is 15.4 Å². The minimum Gasteiger partial charge on any atom is -0.384 e. The number of anilines is 2. The molecule has 1 aliphatic rings. The van der Waals surface area contributed by atoms with E-state index in [0.717, 1.165) is 31.1 Å². The summed E-state index contributed by atoms with van der Waals surface area (Å²) in [4.78, 5) is 11.1. The summed E-state index contributed by atoms with van der Waals surface area (Å²) in [6.07, 6.45) is 6.07. The highest BCUT2D eigenvalue weighted by Gasteiger charge is 2.21. The molecule has 0 bridgehead atoms. The van der Waals surface area contributed by atoms with E-state index in [9.17, 15) is 0 Å². The van der Waals surface area contributed by atoms with Gasteiger partial charge in [-0.2, -0.15) is 11.8 Å². The Morgan fingerprint density at radius 1 is 1.36 bits per heavy atom. The van der Waals surface area contributed by atoms with Crippen molar-refractivity contribution in [2.75, 3.05) is 42.9 Å². The van der Waals surface area contributed by atoms with Gasteiger partial charge in [-0.15, -0.1) is 13.2 Å². The molecule has 6 heteroatoms. The predicted octanol–water partition coefficient (Wildman–Crippen LogP) is 4.51. The molecule has 1 saturated heterocycles. The van der Waals surface area contributed by atoms with Crippen molar-refractivity contribution >= 4 is 29.0 Å². The van der Waals surface area contributed by atoms with Crippen LogP contribution in [0.25, 0.3) is 5.57 Å². The lowest BCUT2D eigenvalue weighted by Crippen LogP contribution is -2.44. The third kappa shape index (κ3) is 9.51. The van der Waals surface area contributed by atoms with Gasteiger partial charge in [0.1, 0.15) is 11.6 Å². The van der Waals surface area contributed by atoms with Crippen LogP contribution in [0, 0.1) is 0 Å². The van der Waals surface area contributed by atoms with Gasteiger partial charge in [0, 0.05) is 12.6 Å². The molecular weight excluding hydrogens is 332 g/mol. The number of nitrogens with two attached hydrogens (primary N) is 1. The van der Waals surface area contributed by atoms with Gasteiger partial charge in [-0.05, 0) is 38.9 Å². The second-order valence-electron chi connectivity index (χ2n) is 4.97. The number of hydrogen-bond donors (Lipinski definition) is 1. The van der Waals surface area contributed by atoms with Gasteiger partial charge in [-0.1, -0.05) is 19.9 Å². The normalized spacial score (nSPS) is 16.4. The van der Waals surface area contributed by atoms with Crippen molar-refractivity contribution in [3.63, 3.8) is 0 Å². The number of allylic oxidation sites excluding steroid dienone is 2. The van der Waals surface area contributed by atoms with Crippen molar-refractivity contribution in [2.24, 2.45) is 0 Å². The van der Waals surface area contributed by atoms with Crippen LogP contribution in [-0.4, -0.2) is 48.3 Å². The van der Waals surface area contributed by atoms with Crippen LogP contribution in [0.2, 0.25) is 0 Å². The van der Waals surface area contributed by atoms with Crippen LogP contribution in [0.4, 0.5) is 11.6 Å². The lowest BCUT2D eigenvalue weighted by atomic mass is 10.2. The van der Waals surface area contributed by atoms with Crippen molar-refractivity contribution in [2.45, 2.75) is 40.7 Å². The number of hydrogen-bond acceptors (Lipinski definition) is 6. The van der Waals surface area contributed by atoms with Gasteiger partial charge in [0.2, 0.25) is 0 Å². The van der Waals surface area contributed by atoms with E-state index in [2.05, 4.69) is 34.9 Å². The summed E-state index contributed by atoms with van der Waals surface area (Å²) in [5, 5.41) is 0. The number of rotatable bonds is 2. The highest BCUT2D eigenvalue weighted by atomic mass is 32.2. The molecule has 0 saturated carbocycles.